The van der Waals surface area contributed by atoms with Crippen LogP contribution in [0.5, 0.6) is 0 Å². The number of halogens is 1. The highest BCUT2D eigenvalue weighted by Gasteiger charge is 2.25. The third-order valence-electron chi connectivity index (χ3n) is 5.22. The van der Waals surface area contributed by atoms with E-state index in [1.807, 2.05) is 24.6 Å². The van der Waals surface area contributed by atoms with Crippen LogP contribution in [-0.4, -0.2) is 36.0 Å². The number of nitrogens with one attached hydrogen (secondary N) is 2. The molecule has 2 aromatic heterocycles. The first kappa shape index (κ1) is 23.2. The molecule has 30 heavy (non-hydrogen) atoms. The van der Waals surface area contributed by atoms with Crippen molar-refractivity contribution in [1.82, 2.24) is 20.5 Å². The van der Waals surface area contributed by atoms with E-state index in [2.05, 4.69) is 74.2 Å². The summed E-state index contributed by atoms with van der Waals surface area (Å²) in [5.41, 5.74) is 2.81. The standard InChI is InChI=1S/C22H27N5S2.HI/c1-16-12-24-21(29-16)14-26-22(23-2)25-13-19(17-6-4-3-5-7-17)27-10-8-20-18(15-27)9-11-28-20;/h3-7,9,11-12,19H,8,10,13-15H2,1-2H3,(H2,23,25,26);1H. The Balaban J connectivity index is 0.00000256. The van der Waals surface area contributed by atoms with Crippen LogP contribution < -0.4 is 10.6 Å². The molecule has 0 radical (unpaired) electrons. The van der Waals surface area contributed by atoms with Gasteiger partial charge in [0, 0.05) is 42.6 Å². The molecule has 0 aliphatic carbocycles. The predicted octanol–water partition coefficient (Wildman–Crippen LogP) is 4.60. The number of rotatable bonds is 6. The molecule has 0 saturated carbocycles. The Morgan fingerprint density at radius 3 is 2.80 bits per heavy atom. The summed E-state index contributed by atoms with van der Waals surface area (Å²) in [5, 5.41) is 10.2. The normalized spacial score (nSPS) is 15.2. The van der Waals surface area contributed by atoms with E-state index in [0.717, 1.165) is 37.0 Å². The Morgan fingerprint density at radius 1 is 1.23 bits per heavy atom. The summed E-state index contributed by atoms with van der Waals surface area (Å²) in [6.07, 6.45) is 3.05. The lowest BCUT2D eigenvalue weighted by atomic mass is 10.0. The van der Waals surface area contributed by atoms with E-state index in [9.17, 15) is 0 Å². The lowest BCUT2D eigenvalue weighted by Crippen LogP contribution is -2.44. The molecule has 160 valence electrons. The molecule has 0 saturated heterocycles. The second kappa shape index (κ2) is 11.2. The van der Waals surface area contributed by atoms with Crippen LogP contribution in [0.2, 0.25) is 0 Å². The Bertz CT molecular complexity index is 953. The maximum absolute atomic E-state index is 4.42. The minimum atomic E-state index is 0. The number of fused-ring (bicyclic) bond motifs is 1. The monoisotopic (exact) mass is 553 g/mol. The molecule has 1 unspecified atom stereocenters. The summed E-state index contributed by atoms with van der Waals surface area (Å²) in [7, 11) is 1.82. The van der Waals surface area contributed by atoms with Crippen molar-refractivity contribution in [3.05, 3.63) is 73.9 Å². The minimum absolute atomic E-state index is 0. The number of hydrogen-bond acceptors (Lipinski definition) is 5. The van der Waals surface area contributed by atoms with Gasteiger partial charge in [-0.25, -0.2) is 4.98 Å². The third-order valence-corrected chi connectivity index (χ3v) is 7.16. The van der Waals surface area contributed by atoms with Gasteiger partial charge in [-0.05, 0) is 35.9 Å². The van der Waals surface area contributed by atoms with Crippen molar-refractivity contribution >= 4 is 52.6 Å². The molecule has 3 heterocycles. The van der Waals surface area contributed by atoms with Crippen LogP contribution >= 0.6 is 46.7 Å². The second-order valence-corrected chi connectivity index (χ2v) is 9.51. The van der Waals surface area contributed by atoms with E-state index >= 15 is 0 Å². The topological polar surface area (TPSA) is 52.6 Å². The van der Waals surface area contributed by atoms with Gasteiger partial charge in [-0.3, -0.25) is 9.89 Å². The highest BCUT2D eigenvalue weighted by atomic mass is 127. The zero-order valence-electron chi connectivity index (χ0n) is 17.3. The zero-order valence-corrected chi connectivity index (χ0v) is 21.3. The average Bonchev–Trinajstić information content (AvgIpc) is 3.39. The number of aryl methyl sites for hydroxylation is 1. The van der Waals surface area contributed by atoms with Crippen LogP contribution in [0.3, 0.4) is 0 Å². The molecule has 0 bridgehead atoms. The Hall–Kier alpha value is -1.49. The van der Waals surface area contributed by atoms with Crippen molar-refractivity contribution in [2.24, 2.45) is 4.99 Å². The van der Waals surface area contributed by atoms with E-state index < -0.39 is 0 Å². The van der Waals surface area contributed by atoms with Crippen LogP contribution in [0.4, 0.5) is 0 Å². The maximum atomic E-state index is 4.42. The van der Waals surface area contributed by atoms with Gasteiger partial charge in [0.1, 0.15) is 5.01 Å². The molecule has 0 spiro atoms. The Labute approximate surface area is 203 Å². The number of nitrogens with zero attached hydrogens (tertiary/aromatic N) is 3. The van der Waals surface area contributed by atoms with Gasteiger partial charge in [0.25, 0.3) is 0 Å². The van der Waals surface area contributed by atoms with Crippen molar-refractivity contribution < 1.29 is 0 Å². The van der Waals surface area contributed by atoms with Crippen LogP contribution in [0.1, 0.15) is 31.9 Å². The van der Waals surface area contributed by atoms with Gasteiger partial charge in [-0.15, -0.1) is 46.7 Å². The van der Waals surface area contributed by atoms with Crippen molar-refractivity contribution in [3.63, 3.8) is 0 Å². The molecule has 3 aromatic rings. The van der Waals surface area contributed by atoms with Crippen molar-refractivity contribution in [2.45, 2.75) is 32.5 Å². The number of aliphatic imine (C=N–C) groups is 1. The summed E-state index contributed by atoms with van der Waals surface area (Å²) in [6, 6.07) is 13.4. The Kier molecular flexibility index (Phi) is 8.67. The molecule has 1 atom stereocenters. The minimum Gasteiger partial charge on any atom is -0.354 e. The molecule has 5 nitrogen and oxygen atoms in total. The SMILES string of the molecule is CN=C(NCc1ncc(C)s1)NCC(c1ccccc1)N1CCc2sccc2C1.I. The summed E-state index contributed by atoms with van der Waals surface area (Å²) >= 11 is 3.60. The van der Waals surface area contributed by atoms with Gasteiger partial charge in [-0.1, -0.05) is 30.3 Å². The first-order valence-electron chi connectivity index (χ1n) is 9.93. The molecule has 1 aliphatic rings. The summed E-state index contributed by atoms with van der Waals surface area (Å²) in [5.74, 6) is 0.812. The van der Waals surface area contributed by atoms with Crippen molar-refractivity contribution in [3.8, 4) is 0 Å². The van der Waals surface area contributed by atoms with Gasteiger partial charge >= 0.3 is 0 Å². The van der Waals surface area contributed by atoms with Gasteiger partial charge in [0.2, 0.25) is 0 Å². The smallest absolute Gasteiger partial charge is 0.191 e. The van der Waals surface area contributed by atoms with Crippen LogP contribution in [0, 0.1) is 6.92 Å². The fraction of sp³-hybridized carbons (Fsp3) is 0.364. The first-order valence-corrected chi connectivity index (χ1v) is 11.6. The van der Waals surface area contributed by atoms with Gasteiger partial charge in [0.15, 0.2) is 5.96 Å². The van der Waals surface area contributed by atoms with Crippen LogP contribution in [0.15, 0.2) is 53.0 Å². The van der Waals surface area contributed by atoms with Gasteiger partial charge < -0.3 is 10.6 Å². The quantitative estimate of drug-likeness (QED) is 0.266. The van der Waals surface area contributed by atoms with E-state index in [4.69, 9.17) is 0 Å². The zero-order chi connectivity index (χ0) is 20.1. The number of benzene rings is 1. The lowest BCUT2D eigenvalue weighted by Gasteiger charge is -2.35. The maximum Gasteiger partial charge on any atom is 0.191 e. The molecule has 0 fully saturated rings. The molecule has 1 aliphatic heterocycles. The van der Waals surface area contributed by atoms with Crippen LogP contribution in [-0.2, 0) is 19.5 Å². The van der Waals surface area contributed by atoms with E-state index in [0.29, 0.717) is 12.6 Å². The molecule has 4 rings (SSSR count). The van der Waals surface area contributed by atoms with Crippen molar-refractivity contribution in [1.29, 1.82) is 0 Å². The van der Waals surface area contributed by atoms with E-state index in [-0.39, 0.29) is 24.0 Å². The summed E-state index contributed by atoms with van der Waals surface area (Å²) < 4.78 is 0. The molecular weight excluding hydrogens is 525 g/mol. The van der Waals surface area contributed by atoms with Crippen LogP contribution in [0.25, 0.3) is 0 Å². The van der Waals surface area contributed by atoms with Gasteiger partial charge in [-0.2, -0.15) is 0 Å². The fourth-order valence-electron chi connectivity index (χ4n) is 3.73. The number of aromatic nitrogens is 1. The fourth-order valence-corrected chi connectivity index (χ4v) is 5.34. The molecule has 8 heteroatoms. The first-order chi connectivity index (χ1) is 14.2. The highest BCUT2D eigenvalue weighted by Crippen LogP contribution is 2.30. The summed E-state index contributed by atoms with van der Waals surface area (Å²) in [4.78, 5) is 14.2. The van der Waals surface area contributed by atoms with E-state index in [1.54, 1.807) is 11.3 Å². The van der Waals surface area contributed by atoms with Gasteiger partial charge in [0.05, 0.1) is 12.6 Å². The summed E-state index contributed by atoms with van der Waals surface area (Å²) in [6.45, 7) is 5.66. The molecule has 2 N–H and O–H groups in total. The third kappa shape index (κ3) is 5.81. The number of guanidine groups is 1. The highest BCUT2D eigenvalue weighted by molar-refractivity contribution is 14.0. The average molecular weight is 554 g/mol. The second-order valence-electron chi connectivity index (χ2n) is 7.19. The number of hydrogen-bond donors (Lipinski definition) is 2. The number of thiazole rings is 1. The predicted molar refractivity (Wildman–Crippen MR) is 138 cm³/mol. The molecule has 1 aromatic carbocycles. The Morgan fingerprint density at radius 2 is 2.07 bits per heavy atom. The molecule has 0 amide bonds. The largest absolute Gasteiger partial charge is 0.354 e. The van der Waals surface area contributed by atoms with E-state index in [1.165, 1.54) is 20.9 Å². The number of thiophene rings is 1. The molecular formula is C22H28IN5S2. The van der Waals surface area contributed by atoms with Crippen molar-refractivity contribution in [2.75, 3.05) is 20.1 Å². The lowest BCUT2D eigenvalue weighted by molar-refractivity contribution is 0.181.